The summed E-state index contributed by atoms with van der Waals surface area (Å²) in [5.74, 6) is 0.736. The van der Waals surface area contributed by atoms with Gasteiger partial charge in [0, 0.05) is 6.07 Å². The zero-order valence-corrected chi connectivity index (χ0v) is 8.53. The molecule has 1 N–H and O–H groups in total. The van der Waals surface area contributed by atoms with E-state index in [4.69, 9.17) is 14.3 Å². The number of aromatic nitrogens is 2. The van der Waals surface area contributed by atoms with Crippen LogP contribution in [0.25, 0.3) is 0 Å². The molecule has 0 bridgehead atoms. The maximum atomic E-state index is 8.12. The molecule has 0 aliphatic rings. The summed E-state index contributed by atoms with van der Waals surface area (Å²) in [6.07, 6.45) is 1.93. The number of H-pyrrole nitrogens is 1. The molecule has 0 saturated heterocycles. The summed E-state index contributed by atoms with van der Waals surface area (Å²) in [4.78, 5) is 16.2. The lowest BCUT2D eigenvalue weighted by molar-refractivity contribution is -0.191. The minimum absolute atomic E-state index is 0.200. The van der Waals surface area contributed by atoms with Crippen molar-refractivity contribution in [2.24, 2.45) is 5.41 Å². The summed E-state index contributed by atoms with van der Waals surface area (Å²) in [6.45, 7) is 7.09. The van der Waals surface area contributed by atoms with Gasteiger partial charge in [0.2, 0.25) is 5.88 Å². The molecule has 0 spiro atoms. The van der Waals surface area contributed by atoms with Gasteiger partial charge in [-0.2, -0.15) is 14.7 Å². The molecule has 0 radical (unpaired) electrons. The van der Waals surface area contributed by atoms with E-state index in [1.807, 2.05) is 6.07 Å². The molecule has 1 aromatic rings. The Morgan fingerprint density at radius 2 is 2.07 bits per heavy atom. The van der Waals surface area contributed by atoms with Crippen molar-refractivity contribution in [3.05, 3.63) is 12.3 Å². The first-order valence-electron chi connectivity index (χ1n) is 4.11. The number of rotatable bonds is 2. The van der Waals surface area contributed by atoms with Gasteiger partial charge in [0.1, 0.15) is 0 Å². The van der Waals surface area contributed by atoms with Gasteiger partial charge in [-0.3, -0.25) is 0 Å². The van der Waals surface area contributed by atoms with Crippen LogP contribution in [0.2, 0.25) is 0 Å². The molecule has 5 heteroatoms. The van der Waals surface area contributed by atoms with E-state index < -0.39 is 0 Å². The van der Waals surface area contributed by atoms with E-state index in [9.17, 15) is 0 Å². The summed E-state index contributed by atoms with van der Waals surface area (Å²) in [7, 11) is 0. The van der Waals surface area contributed by atoms with Crippen molar-refractivity contribution in [2.45, 2.75) is 20.8 Å². The lowest BCUT2D eigenvalue weighted by Gasteiger charge is -2.17. The molecule has 0 aromatic carbocycles. The molecule has 0 atom stereocenters. The SMILES string of the molecule is CC(C)(C)COc1ccn[nH]1.O=C=O. The first-order chi connectivity index (χ1) is 6.49. The van der Waals surface area contributed by atoms with Gasteiger partial charge < -0.3 is 4.74 Å². The molecule has 0 saturated carbocycles. The van der Waals surface area contributed by atoms with Crippen LogP contribution in [0.3, 0.4) is 0 Å². The van der Waals surface area contributed by atoms with Crippen molar-refractivity contribution < 1.29 is 14.3 Å². The Labute approximate surface area is 82.5 Å². The zero-order valence-electron chi connectivity index (χ0n) is 8.53. The van der Waals surface area contributed by atoms with Gasteiger partial charge in [-0.15, -0.1) is 0 Å². The van der Waals surface area contributed by atoms with Crippen LogP contribution in [-0.2, 0) is 9.59 Å². The first-order valence-corrected chi connectivity index (χ1v) is 4.11. The van der Waals surface area contributed by atoms with E-state index >= 15 is 0 Å². The van der Waals surface area contributed by atoms with Gasteiger partial charge in [-0.05, 0) is 5.41 Å². The number of ether oxygens (including phenoxy) is 1. The van der Waals surface area contributed by atoms with Crippen LogP contribution in [-0.4, -0.2) is 23.0 Å². The number of hydrogen-bond donors (Lipinski definition) is 1. The molecule has 0 unspecified atom stereocenters. The van der Waals surface area contributed by atoms with E-state index in [1.54, 1.807) is 6.20 Å². The quantitative estimate of drug-likeness (QED) is 0.776. The molecule has 5 nitrogen and oxygen atoms in total. The molecular weight excluding hydrogens is 184 g/mol. The third-order valence-electron chi connectivity index (χ3n) is 1.14. The average molecular weight is 198 g/mol. The first kappa shape index (κ1) is 12.4. The minimum Gasteiger partial charge on any atom is -0.477 e. The van der Waals surface area contributed by atoms with Gasteiger partial charge >= 0.3 is 6.15 Å². The number of carbonyl (C=O) groups excluding carboxylic acids is 2. The summed E-state index contributed by atoms with van der Waals surface area (Å²) < 4.78 is 5.39. The molecule has 78 valence electrons. The molecule has 0 aliphatic heterocycles. The minimum atomic E-state index is 0.200. The second kappa shape index (κ2) is 5.94. The monoisotopic (exact) mass is 198 g/mol. The second-order valence-corrected chi connectivity index (χ2v) is 3.85. The Hall–Kier alpha value is -1.61. The van der Waals surface area contributed by atoms with Crippen molar-refractivity contribution >= 4 is 6.15 Å². The summed E-state index contributed by atoms with van der Waals surface area (Å²) in [6, 6.07) is 1.81. The van der Waals surface area contributed by atoms with Crippen LogP contribution in [0.4, 0.5) is 0 Å². The second-order valence-electron chi connectivity index (χ2n) is 3.85. The molecule has 1 aromatic heterocycles. The van der Waals surface area contributed by atoms with E-state index in [-0.39, 0.29) is 11.6 Å². The van der Waals surface area contributed by atoms with Crippen molar-refractivity contribution in [1.29, 1.82) is 0 Å². The molecule has 1 rings (SSSR count). The Morgan fingerprint density at radius 3 is 2.43 bits per heavy atom. The van der Waals surface area contributed by atoms with Crippen LogP contribution in [0.1, 0.15) is 20.8 Å². The van der Waals surface area contributed by atoms with Crippen molar-refractivity contribution in [3.8, 4) is 5.88 Å². The zero-order chi connectivity index (χ0) is 11.0. The van der Waals surface area contributed by atoms with Gasteiger partial charge in [-0.25, -0.2) is 5.10 Å². The Kier molecular flexibility index (Phi) is 5.26. The molecule has 0 aliphatic carbocycles. The lowest BCUT2D eigenvalue weighted by atomic mass is 9.99. The number of nitrogens with zero attached hydrogens (tertiary/aromatic N) is 1. The normalized spacial score (nSPS) is 9.64. The maximum Gasteiger partial charge on any atom is 0.373 e. The van der Waals surface area contributed by atoms with Crippen LogP contribution >= 0.6 is 0 Å². The Morgan fingerprint density at radius 1 is 1.50 bits per heavy atom. The van der Waals surface area contributed by atoms with Crippen molar-refractivity contribution in [1.82, 2.24) is 10.2 Å². The summed E-state index contributed by atoms with van der Waals surface area (Å²) in [5.41, 5.74) is 0.200. The summed E-state index contributed by atoms with van der Waals surface area (Å²) >= 11 is 0. The van der Waals surface area contributed by atoms with E-state index in [1.165, 1.54) is 0 Å². The number of aromatic amines is 1. The molecule has 14 heavy (non-hydrogen) atoms. The highest BCUT2D eigenvalue weighted by molar-refractivity contribution is 5.20. The molecule has 0 fully saturated rings. The molecular formula is C9H14N2O3. The molecule has 1 heterocycles. The van der Waals surface area contributed by atoms with Crippen molar-refractivity contribution in [2.75, 3.05) is 6.61 Å². The Bertz CT molecular complexity index is 269. The van der Waals surface area contributed by atoms with E-state index in [0.29, 0.717) is 6.61 Å². The van der Waals surface area contributed by atoms with Crippen LogP contribution in [0.5, 0.6) is 5.88 Å². The maximum absolute atomic E-state index is 8.12. The van der Waals surface area contributed by atoms with Crippen LogP contribution in [0.15, 0.2) is 12.3 Å². The topological polar surface area (TPSA) is 72.0 Å². The fourth-order valence-corrected chi connectivity index (χ4v) is 0.618. The lowest BCUT2D eigenvalue weighted by Crippen LogP contribution is -2.16. The van der Waals surface area contributed by atoms with Gasteiger partial charge in [0.05, 0.1) is 12.8 Å². The molecule has 0 amide bonds. The highest BCUT2D eigenvalue weighted by atomic mass is 16.5. The average Bonchev–Trinajstić information content (AvgIpc) is 2.52. The number of nitrogens with one attached hydrogen (secondary N) is 1. The highest BCUT2D eigenvalue weighted by Crippen LogP contribution is 2.14. The van der Waals surface area contributed by atoms with Gasteiger partial charge in [-0.1, -0.05) is 20.8 Å². The smallest absolute Gasteiger partial charge is 0.373 e. The van der Waals surface area contributed by atoms with Gasteiger partial charge in [0.15, 0.2) is 0 Å². The fourth-order valence-electron chi connectivity index (χ4n) is 0.618. The van der Waals surface area contributed by atoms with Crippen LogP contribution < -0.4 is 4.74 Å². The highest BCUT2D eigenvalue weighted by Gasteiger charge is 2.10. The summed E-state index contributed by atoms with van der Waals surface area (Å²) in [5, 5.41) is 6.51. The van der Waals surface area contributed by atoms with Gasteiger partial charge in [0.25, 0.3) is 0 Å². The van der Waals surface area contributed by atoms with Crippen molar-refractivity contribution in [3.63, 3.8) is 0 Å². The predicted molar refractivity (Wildman–Crippen MR) is 48.5 cm³/mol. The third kappa shape index (κ3) is 7.06. The number of hydrogen-bond acceptors (Lipinski definition) is 4. The van der Waals surface area contributed by atoms with Crippen LogP contribution in [0, 0.1) is 5.41 Å². The standard InChI is InChI=1S/C8H14N2O.CO2/c1-8(2,3)6-11-7-4-5-9-10-7;2-1-3/h4-5H,6H2,1-3H3,(H,9,10);. The largest absolute Gasteiger partial charge is 0.477 e. The fraction of sp³-hybridized carbons (Fsp3) is 0.556. The Balaban J connectivity index is 0.000000500. The van der Waals surface area contributed by atoms with E-state index in [0.717, 1.165) is 5.88 Å². The third-order valence-corrected chi connectivity index (χ3v) is 1.14. The van der Waals surface area contributed by atoms with E-state index in [2.05, 4.69) is 31.0 Å². The predicted octanol–water partition coefficient (Wildman–Crippen LogP) is 1.25.